The first-order valence-corrected chi connectivity index (χ1v) is 6.35. The zero-order chi connectivity index (χ0) is 12.2. The third-order valence-corrected chi connectivity index (χ3v) is 3.38. The number of hydrogen-bond donors (Lipinski definition) is 1. The Labute approximate surface area is 107 Å². The minimum absolute atomic E-state index is 0.160. The van der Waals surface area contributed by atoms with Crippen LogP contribution in [0.25, 0.3) is 0 Å². The first-order valence-electron chi connectivity index (χ1n) is 5.56. The van der Waals surface area contributed by atoms with Crippen LogP contribution in [0.3, 0.4) is 0 Å². The molecule has 0 saturated carbocycles. The van der Waals surface area contributed by atoms with Crippen molar-refractivity contribution in [3.8, 4) is 5.75 Å². The summed E-state index contributed by atoms with van der Waals surface area (Å²) in [4.78, 5) is 0. The van der Waals surface area contributed by atoms with E-state index in [1.54, 1.807) is 7.11 Å². The zero-order valence-electron chi connectivity index (χ0n) is 10.4. The Morgan fingerprint density at radius 3 is 2.62 bits per heavy atom. The van der Waals surface area contributed by atoms with Gasteiger partial charge in [0.2, 0.25) is 0 Å². The summed E-state index contributed by atoms with van der Waals surface area (Å²) in [6.07, 6.45) is 1.10. The van der Waals surface area contributed by atoms with Gasteiger partial charge in [0.25, 0.3) is 0 Å². The molecule has 90 valence electrons. The number of methoxy groups -OCH3 is 1. The van der Waals surface area contributed by atoms with Crippen molar-refractivity contribution in [3.05, 3.63) is 28.2 Å². The fourth-order valence-corrected chi connectivity index (χ4v) is 1.75. The first kappa shape index (κ1) is 13.5. The molecule has 0 atom stereocenters. The molecule has 0 aromatic heterocycles. The molecule has 0 aliphatic heterocycles. The molecule has 1 aromatic carbocycles. The SMILES string of the molecule is CCC(C)(C)NCc1cc(Br)ccc1OC. The maximum absolute atomic E-state index is 5.34. The van der Waals surface area contributed by atoms with Gasteiger partial charge < -0.3 is 10.1 Å². The van der Waals surface area contributed by atoms with Gasteiger partial charge in [0.1, 0.15) is 5.75 Å². The summed E-state index contributed by atoms with van der Waals surface area (Å²) in [5, 5.41) is 3.53. The van der Waals surface area contributed by atoms with Crippen LogP contribution in [0.1, 0.15) is 32.8 Å². The standard InChI is InChI=1S/C13H20BrNO/c1-5-13(2,3)15-9-10-8-11(14)6-7-12(10)16-4/h6-8,15H,5,9H2,1-4H3. The Balaban J connectivity index is 2.76. The molecule has 0 aliphatic carbocycles. The fraction of sp³-hybridized carbons (Fsp3) is 0.538. The Bertz CT molecular complexity index is 350. The lowest BCUT2D eigenvalue weighted by molar-refractivity contribution is 0.364. The summed E-state index contributed by atoms with van der Waals surface area (Å²) >= 11 is 3.48. The molecule has 0 radical (unpaired) electrons. The van der Waals surface area contributed by atoms with Gasteiger partial charge in [0.15, 0.2) is 0 Å². The Morgan fingerprint density at radius 1 is 1.38 bits per heavy atom. The Hall–Kier alpha value is -0.540. The van der Waals surface area contributed by atoms with E-state index in [1.807, 2.05) is 12.1 Å². The van der Waals surface area contributed by atoms with Crippen molar-refractivity contribution in [2.24, 2.45) is 0 Å². The highest BCUT2D eigenvalue weighted by Crippen LogP contribution is 2.23. The molecule has 0 unspecified atom stereocenters. The van der Waals surface area contributed by atoms with E-state index in [4.69, 9.17) is 4.74 Å². The predicted molar refractivity (Wildman–Crippen MR) is 71.9 cm³/mol. The van der Waals surface area contributed by atoms with Crippen molar-refractivity contribution in [1.29, 1.82) is 0 Å². The van der Waals surface area contributed by atoms with Crippen LogP contribution in [0.15, 0.2) is 22.7 Å². The molecule has 1 N–H and O–H groups in total. The number of ether oxygens (including phenoxy) is 1. The van der Waals surface area contributed by atoms with Gasteiger partial charge in [-0.05, 0) is 38.5 Å². The molecule has 1 rings (SSSR count). The van der Waals surface area contributed by atoms with Crippen molar-refractivity contribution in [1.82, 2.24) is 5.32 Å². The van der Waals surface area contributed by atoms with Gasteiger partial charge in [-0.2, -0.15) is 0 Å². The summed E-state index contributed by atoms with van der Waals surface area (Å²) in [6, 6.07) is 6.07. The quantitative estimate of drug-likeness (QED) is 0.890. The average molecular weight is 286 g/mol. The summed E-state index contributed by atoms with van der Waals surface area (Å²) in [6.45, 7) is 7.42. The molecule has 16 heavy (non-hydrogen) atoms. The van der Waals surface area contributed by atoms with Crippen LogP contribution in [-0.4, -0.2) is 12.6 Å². The molecule has 1 aromatic rings. The molecule has 3 heteroatoms. The van der Waals surface area contributed by atoms with E-state index in [-0.39, 0.29) is 5.54 Å². The maximum atomic E-state index is 5.34. The minimum Gasteiger partial charge on any atom is -0.496 e. The van der Waals surface area contributed by atoms with Crippen LogP contribution in [0.5, 0.6) is 5.75 Å². The van der Waals surface area contributed by atoms with Crippen LogP contribution in [-0.2, 0) is 6.54 Å². The lowest BCUT2D eigenvalue weighted by Crippen LogP contribution is -2.37. The van der Waals surface area contributed by atoms with Gasteiger partial charge in [-0.1, -0.05) is 22.9 Å². The summed E-state index contributed by atoms with van der Waals surface area (Å²) < 4.78 is 6.42. The third kappa shape index (κ3) is 3.80. The highest BCUT2D eigenvalue weighted by atomic mass is 79.9. The largest absolute Gasteiger partial charge is 0.496 e. The topological polar surface area (TPSA) is 21.3 Å². The molecule has 0 bridgehead atoms. The van der Waals surface area contributed by atoms with Crippen molar-refractivity contribution in [2.75, 3.05) is 7.11 Å². The number of benzene rings is 1. The summed E-state index contributed by atoms with van der Waals surface area (Å²) in [5.41, 5.74) is 1.34. The molecule has 0 saturated heterocycles. The van der Waals surface area contributed by atoms with E-state index in [1.165, 1.54) is 5.56 Å². The van der Waals surface area contributed by atoms with E-state index in [9.17, 15) is 0 Å². The van der Waals surface area contributed by atoms with Crippen LogP contribution < -0.4 is 10.1 Å². The Kier molecular flexibility index (Phi) is 4.81. The van der Waals surface area contributed by atoms with Gasteiger partial charge in [-0.15, -0.1) is 0 Å². The lowest BCUT2D eigenvalue weighted by atomic mass is 10.0. The van der Waals surface area contributed by atoms with Gasteiger partial charge in [0.05, 0.1) is 7.11 Å². The molecule has 2 nitrogen and oxygen atoms in total. The summed E-state index contributed by atoms with van der Waals surface area (Å²) in [7, 11) is 1.71. The number of nitrogens with one attached hydrogen (secondary N) is 1. The smallest absolute Gasteiger partial charge is 0.123 e. The average Bonchev–Trinajstić information content (AvgIpc) is 2.27. The first-order chi connectivity index (χ1) is 7.48. The van der Waals surface area contributed by atoms with E-state index >= 15 is 0 Å². The van der Waals surface area contributed by atoms with Crippen molar-refractivity contribution in [2.45, 2.75) is 39.3 Å². The van der Waals surface area contributed by atoms with Crippen LogP contribution in [0.4, 0.5) is 0 Å². The zero-order valence-corrected chi connectivity index (χ0v) is 12.0. The molecule has 0 heterocycles. The molecule has 0 amide bonds. The van der Waals surface area contributed by atoms with Gasteiger partial charge >= 0.3 is 0 Å². The molecule has 0 aliphatic rings. The van der Waals surface area contributed by atoms with Crippen molar-refractivity contribution in [3.63, 3.8) is 0 Å². The van der Waals surface area contributed by atoms with Crippen LogP contribution in [0, 0.1) is 0 Å². The van der Waals surface area contributed by atoms with E-state index in [0.717, 1.165) is 23.2 Å². The van der Waals surface area contributed by atoms with E-state index in [0.29, 0.717) is 0 Å². The van der Waals surface area contributed by atoms with Gasteiger partial charge in [-0.3, -0.25) is 0 Å². The number of hydrogen-bond acceptors (Lipinski definition) is 2. The predicted octanol–water partition coefficient (Wildman–Crippen LogP) is 3.74. The summed E-state index contributed by atoms with van der Waals surface area (Å²) in [5.74, 6) is 0.933. The molecule has 0 fully saturated rings. The Morgan fingerprint density at radius 2 is 2.06 bits per heavy atom. The van der Waals surface area contributed by atoms with E-state index in [2.05, 4.69) is 48.1 Å². The maximum Gasteiger partial charge on any atom is 0.123 e. The molecular weight excluding hydrogens is 266 g/mol. The second kappa shape index (κ2) is 5.69. The normalized spacial score (nSPS) is 11.6. The van der Waals surface area contributed by atoms with Gasteiger partial charge in [-0.25, -0.2) is 0 Å². The highest BCUT2D eigenvalue weighted by molar-refractivity contribution is 9.10. The fourth-order valence-electron chi connectivity index (χ4n) is 1.34. The van der Waals surface area contributed by atoms with Crippen LogP contribution >= 0.6 is 15.9 Å². The van der Waals surface area contributed by atoms with Crippen molar-refractivity contribution >= 4 is 15.9 Å². The number of halogens is 1. The lowest BCUT2D eigenvalue weighted by Gasteiger charge is -2.25. The second-order valence-corrected chi connectivity index (χ2v) is 5.46. The third-order valence-electron chi connectivity index (χ3n) is 2.88. The minimum atomic E-state index is 0.160. The van der Waals surface area contributed by atoms with Crippen molar-refractivity contribution < 1.29 is 4.74 Å². The van der Waals surface area contributed by atoms with Gasteiger partial charge in [0, 0.05) is 22.1 Å². The number of rotatable bonds is 5. The molecular formula is C13H20BrNO. The molecule has 0 spiro atoms. The van der Waals surface area contributed by atoms with E-state index < -0.39 is 0 Å². The highest BCUT2D eigenvalue weighted by Gasteiger charge is 2.14. The van der Waals surface area contributed by atoms with Crippen LogP contribution in [0.2, 0.25) is 0 Å². The monoisotopic (exact) mass is 285 g/mol. The second-order valence-electron chi connectivity index (χ2n) is 4.55.